The van der Waals surface area contributed by atoms with E-state index in [1.807, 2.05) is 11.3 Å². The summed E-state index contributed by atoms with van der Waals surface area (Å²) in [5.74, 6) is 1.79. The van der Waals surface area contributed by atoms with Crippen LogP contribution in [0.15, 0.2) is 180 Å². The Bertz CT molecular complexity index is 3070. The van der Waals surface area contributed by atoms with Crippen LogP contribution in [-0.4, -0.2) is 0 Å². The second-order valence-electron chi connectivity index (χ2n) is 14.0. The summed E-state index contributed by atoms with van der Waals surface area (Å²) in [6.07, 6.45) is 0. The number of ether oxygens (including phenoxy) is 1. The van der Waals surface area contributed by atoms with Gasteiger partial charge >= 0.3 is 0 Å². The summed E-state index contributed by atoms with van der Waals surface area (Å²) in [7, 11) is 0. The normalized spacial score (nSPS) is 13.6. The highest BCUT2D eigenvalue weighted by molar-refractivity contribution is 7.25. The second-order valence-corrected chi connectivity index (χ2v) is 15.1. The highest BCUT2D eigenvalue weighted by Gasteiger charge is 2.51. The molecule has 3 nitrogen and oxygen atoms in total. The number of fused-ring (bicyclic) bond motifs is 15. The van der Waals surface area contributed by atoms with Gasteiger partial charge in [-0.1, -0.05) is 103 Å². The lowest BCUT2D eigenvalue weighted by Gasteiger charge is -2.39. The Morgan fingerprint density at radius 2 is 1.02 bits per heavy atom. The maximum absolute atomic E-state index is 6.83. The molecule has 0 N–H and O–H groups in total. The molecule has 0 bridgehead atoms. The largest absolute Gasteiger partial charge is 0.457 e. The number of furan rings is 1. The van der Waals surface area contributed by atoms with Gasteiger partial charge in [0.05, 0.1) is 5.41 Å². The Morgan fingerprint density at radius 3 is 1.83 bits per heavy atom. The fourth-order valence-electron chi connectivity index (χ4n) is 9.13. The summed E-state index contributed by atoms with van der Waals surface area (Å²) in [5, 5.41) is 4.80. The maximum Gasteiger partial charge on any atom is 0.137 e. The third-order valence-corrected chi connectivity index (χ3v) is 12.4. The van der Waals surface area contributed by atoms with Gasteiger partial charge in [-0.15, -0.1) is 11.3 Å². The van der Waals surface area contributed by atoms with Crippen molar-refractivity contribution in [3.63, 3.8) is 0 Å². The molecule has 2 aromatic heterocycles. The molecule has 0 amide bonds. The Morgan fingerprint density at radius 1 is 0.396 bits per heavy atom. The van der Waals surface area contributed by atoms with Crippen molar-refractivity contribution in [3.05, 3.63) is 198 Å². The minimum Gasteiger partial charge on any atom is -0.457 e. The van der Waals surface area contributed by atoms with Gasteiger partial charge in [0.1, 0.15) is 22.7 Å². The molecule has 8 aromatic carbocycles. The van der Waals surface area contributed by atoms with Crippen LogP contribution in [0.4, 0.5) is 17.1 Å². The molecule has 0 unspecified atom stereocenters. The molecule has 0 atom stereocenters. The average molecular weight is 696 g/mol. The summed E-state index contributed by atoms with van der Waals surface area (Å²) < 4.78 is 16.0. The summed E-state index contributed by atoms with van der Waals surface area (Å²) in [4.78, 5) is 2.33. The molecule has 2 aliphatic rings. The molecule has 248 valence electrons. The molecule has 0 saturated carbocycles. The predicted molar refractivity (Wildman–Crippen MR) is 219 cm³/mol. The minimum absolute atomic E-state index is 0.523. The standard InChI is InChI=1S/C49H29NO2S/c1-2-12-30(13-3-1)50(32-23-25-36-35-15-5-11-21-47(35)53-48(36)27-32)31-22-24-34-38-28-42-37(29-46(38)52-45(34)26-31)33-14-4-6-16-39(33)49(42)40-17-7-9-19-43(40)51-44-20-10-8-18-41(44)49/h1-29H. The Kier molecular flexibility index (Phi) is 5.86. The summed E-state index contributed by atoms with van der Waals surface area (Å²) in [6, 6.07) is 63.3. The zero-order valence-electron chi connectivity index (χ0n) is 28.4. The van der Waals surface area contributed by atoms with Gasteiger partial charge in [-0.05, 0) is 89.0 Å². The third kappa shape index (κ3) is 3.93. The highest BCUT2D eigenvalue weighted by atomic mass is 32.1. The van der Waals surface area contributed by atoms with Crippen LogP contribution < -0.4 is 9.64 Å². The second kappa shape index (κ2) is 10.7. The number of benzene rings is 8. The molecule has 4 heteroatoms. The van der Waals surface area contributed by atoms with Gasteiger partial charge in [0.25, 0.3) is 0 Å². The number of nitrogens with zero attached hydrogens (tertiary/aromatic N) is 1. The van der Waals surface area contributed by atoms with E-state index in [1.54, 1.807) is 0 Å². The molecule has 1 spiro atoms. The molecule has 1 aliphatic heterocycles. The third-order valence-electron chi connectivity index (χ3n) is 11.3. The monoisotopic (exact) mass is 695 g/mol. The SMILES string of the molecule is c1ccc(N(c2ccc3c(c2)oc2cc4c(cc23)C2(c3ccccc3Oc3ccccc32)c2ccccc2-4)c2ccc3c(c2)sc2ccccc23)cc1. The number of para-hydroxylation sites is 3. The van der Waals surface area contributed by atoms with Gasteiger partial charge in [0.15, 0.2) is 0 Å². The van der Waals surface area contributed by atoms with Gasteiger partial charge in [-0.25, -0.2) is 0 Å². The Hall–Kier alpha value is -6.62. The lowest BCUT2D eigenvalue weighted by molar-refractivity contribution is 0.436. The van der Waals surface area contributed by atoms with Crippen molar-refractivity contribution in [1.29, 1.82) is 0 Å². The summed E-state index contributed by atoms with van der Waals surface area (Å²) >= 11 is 1.84. The van der Waals surface area contributed by atoms with Gasteiger partial charge < -0.3 is 14.1 Å². The van der Waals surface area contributed by atoms with Crippen LogP contribution >= 0.6 is 11.3 Å². The van der Waals surface area contributed by atoms with E-state index in [4.69, 9.17) is 9.15 Å². The van der Waals surface area contributed by atoms with E-state index >= 15 is 0 Å². The molecular weight excluding hydrogens is 667 g/mol. The van der Waals surface area contributed by atoms with Crippen molar-refractivity contribution in [2.45, 2.75) is 5.41 Å². The first-order chi connectivity index (χ1) is 26.3. The predicted octanol–water partition coefficient (Wildman–Crippen LogP) is 13.9. The number of rotatable bonds is 3. The quantitative estimate of drug-likeness (QED) is 0.184. The van der Waals surface area contributed by atoms with Gasteiger partial charge in [0.2, 0.25) is 0 Å². The van der Waals surface area contributed by atoms with Crippen LogP contribution in [0, 0.1) is 0 Å². The van der Waals surface area contributed by atoms with Crippen LogP contribution in [0.25, 0.3) is 53.2 Å². The molecule has 0 saturated heterocycles. The zero-order valence-corrected chi connectivity index (χ0v) is 29.2. The number of hydrogen-bond acceptors (Lipinski definition) is 4. The van der Waals surface area contributed by atoms with E-state index in [0.29, 0.717) is 0 Å². The van der Waals surface area contributed by atoms with Crippen molar-refractivity contribution < 1.29 is 9.15 Å². The number of anilines is 3. The molecule has 1 aliphatic carbocycles. The van der Waals surface area contributed by atoms with Crippen molar-refractivity contribution >= 4 is 70.5 Å². The van der Waals surface area contributed by atoms with Crippen LogP contribution in [0.1, 0.15) is 22.3 Å². The number of hydrogen-bond donors (Lipinski definition) is 0. The fraction of sp³-hybridized carbons (Fsp3) is 0.0204. The minimum atomic E-state index is -0.523. The van der Waals surface area contributed by atoms with Gasteiger partial charge in [-0.3, -0.25) is 0 Å². The van der Waals surface area contributed by atoms with Crippen LogP contribution in [0.2, 0.25) is 0 Å². The van der Waals surface area contributed by atoms with Crippen LogP contribution in [-0.2, 0) is 5.41 Å². The van der Waals surface area contributed by atoms with Gasteiger partial charge in [0, 0.05) is 65.2 Å². The van der Waals surface area contributed by atoms with Crippen LogP contribution in [0.5, 0.6) is 11.5 Å². The summed E-state index contributed by atoms with van der Waals surface area (Å²) in [6.45, 7) is 0. The van der Waals surface area contributed by atoms with E-state index in [9.17, 15) is 0 Å². The molecule has 53 heavy (non-hydrogen) atoms. The average Bonchev–Trinajstić information content (AvgIpc) is 3.85. The smallest absolute Gasteiger partial charge is 0.137 e. The van der Waals surface area contributed by atoms with Gasteiger partial charge in [-0.2, -0.15) is 0 Å². The molecule has 12 rings (SSSR count). The molecule has 10 aromatic rings. The van der Waals surface area contributed by atoms with E-state index in [2.05, 4.69) is 181 Å². The van der Waals surface area contributed by atoms with Crippen molar-refractivity contribution in [1.82, 2.24) is 0 Å². The lowest BCUT2D eigenvalue weighted by atomic mass is 9.66. The summed E-state index contributed by atoms with van der Waals surface area (Å²) in [5.41, 5.74) is 11.7. The first-order valence-electron chi connectivity index (χ1n) is 18.0. The molecule has 0 radical (unpaired) electrons. The van der Waals surface area contributed by atoms with Crippen molar-refractivity contribution in [2.75, 3.05) is 4.90 Å². The first kappa shape index (κ1) is 29.0. The Balaban J connectivity index is 1.08. The van der Waals surface area contributed by atoms with Crippen molar-refractivity contribution in [2.24, 2.45) is 0 Å². The maximum atomic E-state index is 6.83. The van der Waals surface area contributed by atoms with Crippen LogP contribution in [0.3, 0.4) is 0 Å². The van der Waals surface area contributed by atoms with E-state index in [0.717, 1.165) is 61.6 Å². The van der Waals surface area contributed by atoms with E-state index < -0.39 is 5.41 Å². The fourth-order valence-corrected chi connectivity index (χ4v) is 10.3. The molecule has 0 fully saturated rings. The van der Waals surface area contributed by atoms with E-state index in [-0.39, 0.29) is 0 Å². The van der Waals surface area contributed by atoms with E-state index in [1.165, 1.54) is 42.4 Å². The zero-order chi connectivity index (χ0) is 34.7. The number of thiophene rings is 1. The molecule has 3 heterocycles. The topological polar surface area (TPSA) is 25.6 Å². The Labute approximate surface area is 309 Å². The first-order valence-corrected chi connectivity index (χ1v) is 18.8. The molecular formula is C49H29NO2S. The highest BCUT2D eigenvalue weighted by Crippen LogP contribution is 2.62. The lowest BCUT2D eigenvalue weighted by Crippen LogP contribution is -2.32. The van der Waals surface area contributed by atoms with Crippen molar-refractivity contribution in [3.8, 4) is 22.6 Å².